The maximum absolute atomic E-state index is 9.76. The van der Waals surface area contributed by atoms with Crippen LogP contribution in [0.3, 0.4) is 0 Å². The molecule has 0 saturated carbocycles. The lowest BCUT2D eigenvalue weighted by Crippen LogP contribution is -2.47. The Morgan fingerprint density at radius 1 is 0.893 bits per heavy atom. The summed E-state index contributed by atoms with van der Waals surface area (Å²) in [7, 11) is 0. The number of hydrogen-bond donors (Lipinski definition) is 5. The van der Waals surface area contributed by atoms with Crippen LogP contribution in [-0.2, 0) is 4.74 Å². The van der Waals surface area contributed by atoms with Crippen LogP contribution >= 0.6 is 0 Å². The molecule has 0 fully saturated rings. The second-order valence-corrected chi connectivity index (χ2v) is 8.53. The number of aliphatic hydroxyl groups excluding tert-OH is 5. The van der Waals surface area contributed by atoms with Gasteiger partial charge < -0.3 is 30.3 Å². The van der Waals surface area contributed by atoms with Gasteiger partial charge in [0.25, 0.3) is 0 Å². The lowest BCUT2D eigenvalue weighted by atomic mass is 9.94. The average molecular weight is 405 g/mol. The maximum Gasteiger partial charge on any atom is 0.111 e. The van der Waals surface area contributed by atoms with Crippen LogP contribution in [0, 0.1) is 11.8 Å². The van der Waals surface area contributed by atoms with Crippen molar-refractivity contribution in [1.82, 2.24) is 0 Å². The highest BCUT2D eigenvalue weighted by atomic mass is 16.5. The standard InChI is InChI=1S/C22H44O6/c1-16(2)8-5-9-17(3)10-6-11-18(4)12-7-13-28-15-20(25)22(27)21(26)19(24)14-23/h12,16-17,19-27H,5-11,13-15H2,1-4H3/t17?,19-,20+,21-,22-/m1/s1. The van der Waals surface area contributed by atoms with Gasteiger partial charge in [0, 0.05) is 0 Å². The minimum absolute atomic E-state index is 0.142. The van der Waals surface area contributed by atoms with E-state index in [-0.39, 0.29) is 6.61 Å². The molecule has 0 amide bonds. The lowest BCUT2D eigenvalue weighted by molar-refractivity contribution is -0.128. The van der Waals surface area contributed by atoms with Gasteiger partial charge in [0.2, 0.25) is 0 Å². The van der Waals surface area contributed by atoms with E-state index in [4.69, 9.17) is 9.84 Å². The molecule has 0 aromatic heterocycles. The molecule has 1 unspecified atom stereocenters. The van der Waals surface area contributed by atoms with E-state index in [1.54, 1.807) is 0 Å². The Bertz CT molecular complexity index is 398. The van der Waals surface area contributed by atoms with E-state index < -0.39 is 31.0 Å². The molecule has 0 aromatic rings. The van der Waals surface area contributed by atoms with Crippen LogP contribution in [0.1, 0.15) is 72.6 Å². The first kappa shape index (κ1) is 27.5. The quantitative estimate of drug-likeness (QED) is 0.188. The molecule has 5 atom stereocenters. The average Bonchev–Trinajstić information content (AvgIpc) is 2.65. The van der Waals surface area contributed by atoms with Gasteiger partial charge in [0.1, 0.15) is 24.4 Å². The Kier molecular flexibility index (Phi) is 16.0. The Labute approximate surface area is 171 Å². The molecule has 5 N–H and O–H groups in total. The van der Waals surface area contributed by atoms with E-state index in [1.807, 2.05) is 0 Å². The van der Waals surface area contributed by atoms with Gasteiger partial charge in [-0.1, -0.05) is 58.1 Å². The Morgan fingerprint density at radius 2 is 1.50 bits per heavy atom. The Morgan fingerprint density at radius 3 is 2.11 bits per heavy atom. The van der Waals surface area contributed by atoms with Crippen molar-refractivity contribution in [2.75, 3.05) is 19.8 Å². The predicted molar refractivity (Wildman–Crippen MR) is 112 cm³/mol. The zero-order valence-electron chi connectivity index (χ0n) is 18.3. The van der Waals surface area contributed by atoms with Gasteiger partial charge in [-0.25, -0.2) is 0 Å². The zero-order valence-corrected chi connectivity index (χ0v) is 18.3. The highest BCUT2D eigenvalue weighted by Crippen LogP contribution is 2.19. The van der Waals surface area contributed by atoms with Crippen LogP contribution in [0.2, 0.25) is 0 Å². The summed E-state index contributed by atoms with van der Waals surface area (Å²) in [5.41, 5.74) is 1.33. The van der Waals surface area contributed by atoms with Gasteiger partial charge in [-0.3, -0.25) is 0 Å². The molecule has 0 aromatic carbocycles. The van der Waals surface area contributed by atoms with Crippen molar-refractivity contribution in [2.24, 2.45) is 11.8 Å². The molecular weight excluding hydrogens is 360 g/mol. The summed E-state index contributed by atoms with van der Waals surface area (Å²) in [6, 6.07) is 0. The summed E-state index contributed by atoms with van der Waals surface area (Å²) in [6.45, 7) is 8.58. The van der Waals surface area contributed by atoms with Crippen LogP contribution in [0.5, 0.6) is 0 Å². The van der Waals surface area contributed by atoms with Crippen molar-refractivity contribution in [3.8, 4) is 0 Å². The first-order chi connectivity index (χ1) is 13.2. The molecule has 0 saturated heterocycles. The van der Waals surface area contributed by atoms with Crippen molar-refractivity contribution in [1.29, 1.82) is 0 Å². The van der Waals surface area contributed by atoms with Crippen molar-refractivity contribution < 1.29 is 30.3 Å². The Hall–Kier alpha value is -0.500. The van der Waals surface area contributed by atoms with Gasteiger partial charge in [0.05, 0.1) is 19.8 Å². The SMILES string of the molecule is CC(=CCCOC[C@H](O)[C@@H](O)[C@H](O)[C@H](O)CO)CCCC(C)CCCC(C)C. The van der Waals surface area contributed by atoms with Crippen molar-refractivity contribution >= 4 is 0 Å². The molecule has 0 radical (unpaired) electrons. The predicted octanol–water partition coefficient (Wildman–Crippen LogP) is 2.41. The minimum atomic E-state index is -1.61. The lowest BCUT2D eigenvalue weighted by Gasteiger charge is -2.25. The van der Waals surface area contributed by atoms with E-state index >= 15 is 0 Å². The fourth-order valence-corrected chi connectivity index (χ4v) is 3.10. The zero-order chi connectivity index (χ0) is 21.5. The highest BCUT2D eigenvalue weighted by Gasteiger charge is 2.29. The monoisotopic (exact) mass is 404 g/mol. The van der Waals surface area contributed by atoms with Gasteiger partial charge in [-0.15, -0.1) is 0 Å². The Balaban J connectivity index is 3.83. The second kappa shape index (κ2) is 16.3. The summed E-state index contributed by atoms with van der Waals surface area (Å²) in [5, 5.41) is 47.0. The molecule has 0 aliphatic rings. The highest BCUT2D eigenvalue weighted by molar-refractivity contribution is 4.97. The number of ether oxygens (including phenoxy) is 1. The van der Waals surface area contributed by atoms with Crippen LogP contribution in [0.4, 0.5) is 0 Å². The first-order valence-electron chi connectivity index (χ1n) is 10.8. The molecule has 0 spiro atoms. The number of aliphatic hydroxyl groups is 5. The number of allylic oxidation sites excluding steroid dienone is 1. The summed E-state index contributed by atoms with van der Waals surface area (Å²) in [4.78, 5) is 0. The smallest absolute Gasteiger partial charge is 0.111 e. The summed E-state index contributed by atoms with van der Waals surface area (Å²) in [6.07, 6.45) is 4.35. The van der Waals surface area contributed by atoms with Crippen LogP contribution < -0.4 is 0 Å². The third-order valence-electron chi connectivity index (χ3n) is 5.12. The second-order valence-electron chi connectivity index (χ2n) is 8.53. The van der Waals surface area contributed by atoms with Crippen molar-refractivity contribution in [3.63, 3.8) is 0 Å². The van der Waals surface area contributed by atoms with Crippen molar-refractivity contribution in [3.05, 3.63) is 11.6 Å². The van der Waals surface area contributed by atoms with E-state index in [9.17, 15) is 20.4 Å². The van der Waals surface area contributed by atoms with Crippen LogP contribution in [0.25, 0.3) is 0 Å². The fourth-order valence-electron chi connectivity index (χ4n) is 3.10. The molecule has 0 rings (SSSR count). The van der Waals surface area contributed by atoms with Gasteiger partial charge in [-0.05, 0) is 38.0 Å². The maximum atomic E-state index is 9.76. The third kappa shape index (κ3) is 13.6. The van der Waals surface area contributed by atoms with E-state index in [0.29, 0.717) is 6.61 Å². The normalized spacial score (nSPS) is 18.1. The molecule has 0 aliphatic carbocycles. The molecule has 28 heavy (non-hydrogen) atoms. The molecule has 6 heteroatoms. The summed E-state index contributed by atoms with van der Waals surface area (Å²) >= 11 is 0. The number of rotatable bonds is 17. The van der Waals surface area contributed by atoms with Gasteiger partial charge >= 0.3 is 0 Å². The summed E-state index contributed by atoms with van der Waals surface area (Å²) in [5.74, 6) is 1.57. The van der Waals surface area contributed by atoms with Crippen LogP contribution in [0.15, 0.2) is 11.6 Å². The number of hydrogen-bond acceptors (Lipinski definition) is 6. The van der Waals surface area contributed by atoms with E-state index in [2.05, 4.69) is 33.8 Å². The van der Waals surface area contributed by atoms with Gasteiger partial charge in [0.15, 0.2) is 0 Å². The van der Waals surface area contributed by atoms with Crippen molar-refractivity contribution in [2.45, 2.75) is 97.1 Å². The molecule has 6 nitrogen and oxygen atoms in total. The van der Waals surface area contributed by atoms with E-state index in [1.165, 1.54) is 37.7 Å². The largest absolute Gasteiger partial charge is 0.394 e. The fraction of sp³-hybridized carbons (Fsp3) is 0.909. The first-order valence-corrected chi connectivity index (χ1v) is 10.8. The molecular formula is C22H44O6. The topological polar surface area (TPSA) is 110 Å². The van der Waals surface area contributed by atoms with E-state index in [0.717, 1.165) is 24.7 Å². The molecule has 0 heterocycles. The summed E-state index contributed by atoms with van der Waals surface area (Å²) < 4.78 is 5.33. The van der Waals surface area contributed by atoms with Gasteiger partial charge in [-0.2, -0.15) is 0 Å². The molecule has 0 aliphatic heterocycles. The third-order valence-corrected chi connectivity index (χ3v) is 5.12. The molecule has 0 bridgehead atoms. The minimum Gasteiger partial charge on any atom is -0.394 e. The molecule has 168 valence electrons. The van der Waals surface area contributed by atoms with Crippen LogP contribution in [-0.4, -0.2) is 69.8 Å².